The lowest BCUT2D eigenvalue weighted by molar-refractivity contribution is -0.119. The lowest BCUT2D eigenvalue weighted by Crippen LogP contribution is -2.29. The maximum atomic E-state index is 12.9. The summed E-state index contributed by atoms with van der Waals surface area (Å²) in [5, 5.41) is 5.09. The fourth-order valence-electron chi connectivity index (χ4n) is 3.38. The predicted octanol–water partition coefficient (Wildman–Crippen LogP) is 4.69. The van der Waals surface area contributed by atoms with Gasteiger partial charge in [0.25, 0.3) is 5.56 Å². The molecule has 2 aromatic carbocycles. The topological polar surface area (TPSA) is 77.1 Å². The molecule has 0 spiro atoms. The molecule has 0 aliphatic rings. The minimum Gasteiger partial charge on any atom is -0.459 e. The van der Waals surface area contributed by atoms with Crippen LogP contribution >= 0.6 is 11.8 Å². The predicted molar refractivity (Wildman–Crippen MR) is 120 cm³/mol. The molecule has 0 aliphatic carbocycles. The maximum absolute atomic E-state index is 12.9. The van der Waals surface area contributed by atoms with E-state index in [0.29, 0.717) is 21.8 Å². The summed E-state index contributed by atoms with van der Waals surface area (Å²) in [7, 11) is 0. The third kappa shape index (κ3) is 3.98. The van der Waals surface area contributed by atoms with Crippen LogP contribution in [0, 0.1) is 0 Å². The number of hydrogen-bond donors (Lipinski definition) is 1. The summed E-state index contributed by atoms with van der Waals surface area (Å²) < 4.78 is 7.47. The Kier molecular flexibility index (Phi) is 5.63. The molecular formula is C23H23N3O3S. The van der Waals surface area contributed by atoms with E-state index in [1.807, 2.05) is 69.3 Å². The van der Waals surface area contributed by atoms with Crippen molar-refractivity contribution in [3.63, 3.8) is 0 Å². The molecule has 0 aliphatic heterocycles. The molecule has 4 aromatic rings. The Morgan fingerprint density at radius 1 is 1.13 bits per heavy atom. The Labute approximate surface area is 178 Å². The van der Waals surface area contributed by atoms with E-state index < -0.39 is 0 Å². The molecule has 0 bridgehead atoms. The van der Waals surface area contributed by atoms with Crippen LogP contribution in [0.2, 0.25) is 0 Å². The Balaban J connectivity index is 1.50. The average molecular weight is 422 g/mol. The van der Waals surface area contributed by atoms with E-state index in [0.717, 1.165) is 11.0 Å². The van der Waals surface area contributed by atoms with Gasteiger partial charge in [0.05, 0.1) is 22.7 Å². The zero-order valence-corrected chi connectivity index (χ0v) is 17.9. The number of carbonyl (C=O) groups is 1. The minimum atomic E-state index is -0.262. The van der Waals surface area contributed by atoms with Crippen molar-refractivity contribution in [2.45, 2.75) is 38.0 Å². The van der Waals surface area contributed by atoms with Gasteiger partial charge in [-0.25, -0.2) is 4.98 Å². The average Bonchev–Trinajstić information content (AvgIpc) is 3.16. The fraction of sp³-hybridized carbons (Fsp3) is 0.261. The van der Waals surface area contributed by atoms with Crippen LogP contribution in [0.1, 0.15) is 38.6 Å². The molecule has 30 heavy (non-hydrogen) atoms. The number of furan rings is 1. The van der Waals surface area contributed by atoms with Crippen molar-refractivity contribution in [1.82, 2.24) is 14.9 Å². The van der Waals surface area contributed by atoms with E-state index in [2.05, 4.69) is 10.3 Å². The van der Waals surface area contributed by atoms with Gasteiger partial charge >= 0.3 is 0 Å². The van der Waals surface area contributed by atoms with Gasteiger partial charge in [-0.05, 0) is 45.0 Å². The van der Waals surface area contributed by atoms with E-state index in [9.17, 15) is 9.59 Å². The molecule has 0 radical (unpaired) electrons. The first kappa shape index (κ1) is 20.2. The zero-order valence-electron chi connectivity index (χ0n) is 17.1. The number of nitrogens with zero attached hydrogens (tertiary/aromatic N) is 2. The Hall–Kier alpha value is -3.06. The quantitative estimate of drug-likeness (QED) is 0.361. The van der Waals surface area contributed by atoms with Crippen molar-refractivity contribution in [1.29, 1.82) is 0 Å². The van der Waals surface area contributed by atoms with Crippen molar-refractivity contribution in [3.8, 4) is 0 Å². The van der Waals surface area contributed by atoms with Crippen molar-refractivity contribution in [3.05, 3.63) is 70.7 Å². The lowest BCUT2D eigenvalue weighted by atomic mass is 10.2. The molecule has 154 valence electrons. The van der Waals surface area contributed by atoms with Gasteiger partial charge in [-0.2, -0.15) is 0 Å². The molecule has 1 N–H and O–H groups in total. The molecule has 0 unspecified atom stereocenters. The van der Waals surface area contributed by atoms with Gasteiger partial charge in [0.2, 0.25) is 5.91 Å². The van der Waals surface area contributed by atoms with Gasteiger partial charge in [-0.1, -0.05) is 42.1 Å². The largest absolute Gasteiger partial charge is 0.459 e. The van der Waals surface area contributed by atoms with E-state index in [1.54, 1.807) is 10.6 Å². The van der Waals surface area contributed by atoms with Gasteiger partial charge < -0.3 is 9.73 Å². The van der Waals surface area contributed by atoms with Crippen LogP contribution in [0.25, 0.3) is 21.9 Å². The number of fused-ring (bicyclic) bond motifs is 2. The third-order valence-corrected chi connectivity index (χ3v) is 5.83. The van der Waals surface area contributed by atoms with Crippen molar-refractivity contribution in [2.75, 3.05) is 5.75 Å². The van der Waals surface area contributed by atoms with Crippen LogP contribution in [-0.4, -0.2) is 21.2 Å². The van der Waals surface area contributed by atoms with Crippen LogP contribution < -0.4 is 10.9 Å². The first-order valence-corrected chi connectivity index (χ1v) is 10.8. The number of aromatic nitrogens is 2. The first-order chi connectivity index (χ1) is 14.4. The van der Waals surface area contributed by atoms with Gasteiger partial charge in [0.15, 0.2) is 5.16 Å². The number of amides is 1. The van der Waals surface area contributed by atoms with Gasteiger partial charge in [-0.3, -0.25) is 14.2 Å². The van der Waals surface area contributed by atoms with E-state index in [-0.39, 0.29) is 29.3 Å². The van der Waals surface area contributed by atoms with Crippen molar-refractivity contribution in [2.24, 2.45) is 0 Å². The molecule has 1 atom stereocenters. The molecular weight excluding hydrogens is 398 g/mol. The minimum absolute atomic E-state index is 0.0605. The smallest absolute Gasteiger partial charge is 0.262 e. The highest BCUT2D eigenvalue weighted by Crippen LogP contribution is 2.24. The molecule has 0 saturated carbocycles. The summed E-state index contributed by atoms with van der Waals surface area (Å²) in [5.74, 6) is 0.713. The second kappa shape index (κ2) is 8.36. The maximum Gasteiger partial charge on any atom is 0.262 e. The van der Waals surface area contributed by atoms with Crippen LogP contribution in [-0.2, 0) is 4.79 Å². The SMILES string of the molecule is CC(C)n1c(SCC(=O)N[C@@H](C)c2cc3ccccc3o2)nc2ccccc2c1=O. The number of benzene rings is 2. The molecule has 2 aromatic heterocycles. The number of nitrogens with one attached hydrogen (secondary N) is 1. The van der Waals surface area contributed by atoms with Crippen LogP contribution in [0.4, 0.5) is 0 Å². The normalized spacial score (nSPS) is 12.5. The number of thioether (sulfide) groups is 1. The van der Waals surface area contributed by atoms with Crippen LogP contribution in [0.3, 0.4) is 0 Å². The summed E-state index contributed by atoms with van der Waals surface area (Å²) in [6.45, 7) is 5.76. The van der Waals surface area contributed by atoms with Crippen LogP contribution in [0.5, 0.6) is 0 Å². The van der Waals surface area contributed by atoms with Gasteiger partial charge in [0.1, 0.15) is 11.3 Å². The number of rotatable bonds is 6. The van der Waals surface area contributed by atoms with Crippen molar-refractivity contribution >= 4 is 39.5 Å². The monoisotopic (exact) mass is 421 g/mol. The highest BCUT2D eigenvalue weighted by atomic mass is 32.2. The van der Waals surface area contributed by atoms with E-state index >= 15 is 0 Å². The highest BCUT2D eigenvalue weighted by Gasteiger charge is 2.17. The first-order valence-electron chi connectivity index (χ1n) is 9.86. The van der Waals surface area contributed by atoms with Crippen LogP contribution in [0.15, 0.2) is 69.0 Å². The summed E-state index contributed by atoms with van der Waals surface area (Å²) in [6, 6.07) is 16.6. The third-order valence-electron chi connectivity index (χ3n) is 4.87. The second-order valence-corrected chi connectivity index (χ2v) is 8.39. The zero-order chi connectivity index (χ0) is 21.3. The van der Waals surface area contributed by atoms with Gasteiger partial charge in [0, 0.05) is 11.4 Å². The Bertz CT molecular complexity index is 1240. The standard InChI is InChI=1S/C23H23N3O3S/c1-14(2)26-22(28)17-9-5-6-10-18(17)25-23(26)30-13-21(27)24-15(3)20-12-16-8-4-7-11-19(16)29-20/h4-12,14-15H,13H2,1-3H3,(H,24,27)/t15-/m0/s1. The molecule has 6 nitrogen and oxygen atoms in total. The molecule has 1 amide bonds. The fourth-order valence-corrected chi connectivity index (χ4v) is 4.32. The van der Waals surface area contributed by atoms with Crippen molar-refractivity contribution < 1.29 is 9.21 Å². The Morgan fingerprint density at radius 3 is 2.63 bits per heavy atom. The number of para-hydroxylation sites is 2. The second-order valence-electron chi connectivity index (χ2n) is 7.44. The molecule has 0 saturated heterocycles. The lowest BCUT2D eigenvalue weighted by Gasteiger charge is -2.16. The Morgan fingerprint density at radius 2 is 1.87 bits per heavy atom. The summed E-state index contributed by atoms with van der Waals surface area (Å²) >= 11 is 1.26. The molecule has 7 heteroatoms. The number of carbonyl (C=O) groups excluding carboxylic acids is 1. The number of hydrogen-bond acceptors (Lipinski definition) is 5. The summed E-state index contributed by atoms with van der Waals surface area (Å²) in [4.78, 5) is 30.1. The van der Waals surface area contributed by atoms with E-state index in [1.165, 1.54) is 11.8 Å². The molecule has 0 fully saturated rings. The van der Waals surface area contributed by atoms with E-state index in [4.69, 9.17) is 4.42 Å². The molecule has 4 rings (SSSR count). The summed E-state index contributed by atoms with van der Waals surface area (Å²) in [6.07, 6.45) is 0. The van der Waals surface area contributed by atoms with Gasteiger partial charge in [-0.15, -0.1) is 0 Å². The highest BCUT2D eigenvalue weighted by molar-refractivity contribution is 7.99. The molecule has 2 heterocycles. The summed E-state index contributed by atoms with van der Waals surface area (Å²) in [5.41, 5.74) is 1.34.